The highest BCUT2D eigenvalue weighted by molar-refractivity contribution is 6.10. The van der Waals surface area contributed by atoms with Crippen molar-refractivity contribution in [3.8, 4) is 0 Å². The number of likely N-dealkylation sites (tertiary alicyclic amines) is 1. The second kappa shape index (κ2) is 8.08. The number of rotatable bonds is 5. The van der Waals surface area contributed by atoms with Gasteiger partial charge in [0.2, 0.25) is 0 Å². The summed E-state index contributed by atoms with van der Waals surface area (Å²) in [6, 6.07) is 21.7. The van der Waals surface area contributed by atoms with E-state index in [1.807, 2.05) is 54.6 Å². The number of carbonyl (C=O) groups is 1. The number of hydrogen-bond donors (Lipinski definition) is 2. The molecule has 31 heavy (non-hydrogen) atoms. The molecule has 3 aromatic rings. The number of hydrogen-bond acceptors (Lipinski definition) is 4. The zero-order chi connectivity index (χ0) is 21.4. The van der Waals surface area contributed by atoms with Crippen LogP contribution in [0.15, 0.2) is 66.7 Å². The molecule has 1 unspecified atom stereocenters. The molecule has 1 fully saturated rings. The van der Waals surface area contributed by atoms with Gasteiger partial charge in [-0.25, -0.2) is 0 Å². The first-order valence-corrected chi connectivity index (χ1v) is 11.0. The molecule has 160 valence electrons. The van der Waals surface area contributed by atoms with Gasteiger partial charge in [-0.3, -0.25) is 4.79 Å². The number of aliphatic hydroxyl groups excluding tert-OH is 1. The van der Waals surface area contributed by atoms with Gasteiger partial charge >= 0.3 is 0 Å². The molecule has 5 heteroatoms. The molecule has 0 bridgehead atoms. The van der Waals surface area contributed by atoms with Crippen LogP contribution in [0.25, 0.3) is 10.8 Å². The molecule has 1 atom stereocenters. The van der Waals surface area contributed by atoms with Gasteiger partial charge in [-0.2, -0.15) is 0 Å². The van der Waals surface area contributed by atoms with Crippen molar-refractivity contribution in [1.82, 2.24) is 9.80 Å². The minimum atomic E-state index is -0.925. The van der Waals surface area contributed by atoms with Crippen molar-refractivity contribution in [1.29, 1.82) is 0 Å². The topological polar surface area (TPSA) is 64.0 Å². The standard InChI is InChI=1S/C26H28N2O3/c29-24-21-10-4-8-20-9-5-11-22(23(20)21)25(30)28(24)17-16-27-14-12-26(31,13-15-27)18-19-6-2-1-3-7-19/h1-11,24,29,31H,12-18H2. The zero-order valence-corrected chi connectivity index (χ0v) is 17.6. The molecular weight excluding hydrogens is 388 g/mol. The molecule has 5 rings (SSSR count). The number of carbonyl (C=O) groups excluding carboxylic acids is 1. The molecule has 1 amide bonds. The van der Waals surface area contributed by atoms with Crippen molar-refractivity contribution in [2.75, 3.05) is 26.2 Å². The van der Waals surface area contributed by atoms with Crippen molar-refractivity contribution in [3.63, 3.8) is 0 Å². The largest absolute Gasteiger partial charge is 0.389 e. The summed E-state index contributed by atoms with van der Waals surface area (Å²) in [5.74, 6) is -0.116. The van der Waals surface area contributed by atoms with Crippen LogP contribution in [0.5, 0.6) is 0 Å². The van der Waals surface area contributed by atoms with Gasteiger partial charge < -0.3 is 20.0 Å². The number of benzene rings is 3. The molecule has 0 aliphatic carbocycles. The molecule has 2 heterocycles. The number of amides is 1. The Morgan fingerprint density at radius 3 is 2.35 bits per heavy atom. The normalized spacial score (nSPS) is 20.9. The Kier molecular flexibility index (Phi) is 5.26. The van der Waals surface area contributed by atoms with E-state index in [0.717, 1.165) is 35.0 Å². The summed E-state index contributed by atoms with van der Waals surface area (Å²) in [5.41, 5.74) is 1.94. The van der Waals surface area contributed by atoms with E-state index >= 15 is 0 Å². The molecule has 1 saturated heterocycles. The van der Waals surface area contributed by atoms with Crippen molar-refractivity contribution >= 4 is 16.7 Å². The highest BCUT2D eigenvalue weighted by Gasteiger charge is 2.35. The molecule has 0 saturated carbocycles. The van der Waals surface area contributed by atoms with Crippen LogP contribution in [0.1, 0.15) is 40.6 Å². The van der Waals surface area contributed by atoms with E-state index in [4.69, 9.17) is 0 Å². The first-order valence-electron chi connectivity index (χ1n) is 11.0. The summed E-state index contributed by atoms with van der Waals surface area (Å²) < 4.78 is 0. The van der Waals surface area contributed by atoms with Crippen molar-refractivity contribution < 1.29 is 15.0 Å². The molecule has 0 aromatic heterocycles. The zero-order valence-electron chi connectivity index (χ0n) is 17.6. The van der Waals surface area contributed by atoms with Crippen LogP contribution in [0.3, 0.4) is 0 Å². The Labute approximate surface area is 182 Å². The SMILES string of the molecule is O=C1c2cccc3cccc(c23)C(O)N1CCN1CCC(O)(Cc2ccccc2)CC1. The van der Waals surface area contributed by atoms with E-state index in [9.17, 15) is 15.0 Å². The molecule has 3 aromatic carbocycles. The Morgan fingerprint density at radius 1 is 0.903 bits per heavy atom. The number of aliphatic hydroxyl groups is 2. The summed E-state index contributed by atoms with van der Waals surface area (Å²) >= 11 is 0. The monoisotopic (exact) mass is 416 g/mol. The lowest BCUT2D eigenvalue weighted by atomic mass is 9.85. The minimum absolute atomic E-state index is 0.116. The maximum Gasteiger partial charge on any atom is 0.256 e. The lowest BCUT2D eigenvalue weighted by Gasteiger charge is -2.40. The molecule has 5 nitrogen and oxygen atoms in total. The third kappa shape index (κ3) is 3.85. The minimum Gasteiger partial charge on any atom is -0.389 e. The second-order valence-corrected chi connectivity index (χ2v) is 8.85. The summed E-state index contributed by atoms with van der Waals surface area (Å²) in [4.78, 5) is 16.9. The van der Waals surface area contributed by atoms with Crippen LogP contribution >= 0.6 is 0 Å². The van der Waals surface area contributed by atoms with Gasteiger partial charge in [0, 0.05) is 49.1 Å². The first kappa shape index (κ1) is 20.2. The lowest BCUT2D eigenvalue weighted by molar-refractivity contribution is -0.0295. The maximum atomic E-state index is 13.1. The Hall–Kier alpha value is -2.73. The predicted octanol–water partition coefficient (Wildman–Crippen LogP) is 3.36. The highest BCUT2D eigenvalue weighted by Crippen LogP contribution is 2.35. The average Bonchev–Trinajstić information content (AvgIpc) is 2.79. The Balaban J connectivity index is 1.23. The average molecular weight is 417 g/mol. The second-order valence-electron chi connectivity index (χ2n) is 8.85. The molecule has 0 spiro atoms. The van der Waals surface area contributed by atoms with Crippen LogP contribution < -0.4 is 0 Å². The Morgan fingerprint density at radius 2 is 1.61 bits per heavy atom. The quantitative estimate of drug-likeness (QED) is 0.670. The summed E-state index contributed by atoms with van der Waals surface area (Å²) in [5, 5.41) is 23.8. The van der Waals surface area contributed by atoms with Gasteiger partial charge in [0.05, 0.1) is 5.60 Å². The van der Waals surface area contributed by atoms with Crippen molar-refractivity contribution in [2.24, 2.45) is 0 Å². The van der Waals surface area contributed by atoms with E-state index in [2.05, 4.69) is 17.0 Å². The maximum absolute atomic E-state index is 13.1. The highest BCUT2D eigenvalue weighted by atomic mass is 16.3. The third-order valence-corrected chi connectivity index (χ3v) is 6.82. The predicted molar refractivity (Wildman–Crippen MR) is 121 cm³/mol. The fraction of sp³-hybridized carbons (Fsp3) is 0.346. The van der Waals surface area contributed by atoms with E-state index in [1.54, 1.807) is 4.90 Å². The molecule has 0 radical (unpaired) electrons. The van der Waals surface area contributed by atoms with Gasteiger partial charge in [0.1, 0.15) is 0 Å². The van der Waals surface area contributed by atoms with Gasteiger partial charge in [0.15, 0.2) is 6.23 Å². The molecule has 2 N–H and O–H groups in total. The van der Waals surface area contributed by atoms with E-state index in [0.29, 0.717) is 37.9 Å². The van der Waals surface area contributed by atoms with Gasteiger partial charge in [-0.15, -0.1) is 0 Å². The van der Waals surface area contributed by atoms with Crippen LogP contribution in [-0.4, -0.2) is 57.7 Å². The number of nitrogens with zero attached hydrogens (tertiary/aromatic N) is 2. The summed E-state index contributed by atoms with van der Waals surface area (Å²) in [6.07, 6.45) is 1.17. The summed E-state index contributed by atoms with van der Waals surface area (Å²) in [6.45, 7) is 2.71. The first-order chi connectivity index (χ1) is 15.0. The van der Waals surface area contributed by atoms with Crippen molar-refractivity contribution in [3.05, 3.63) is 83.4 Å². The van der Waals surface area contributed by atoms with Crippen LogP contribution in [0.4, 0.5) is 0 Å². The fourth-order valence-electron chi connectivity index (χ4n) is 5.02. The van der Waals surface area contributed by atoms with E-state index in [1.165, 1.54) is 0 Å². The summed E-state index contributed by atoms with van der Waals surface area (Å²) in [7, 11) is 0. The van der Waals surface area contributed by atoms with Gasteiger partial charge in [-0.05, 0) is 29.9 Å². The van der Waals surface area contributed by atoms with E-state index in [-0.39, 0.29) is 5.91 Å². The lowest BCUT2D eigenvalue weighted by Crippen LogP contribution is -2.49. The van der Waals surface area contributed by atoms with Gasteiger partial charge in [0.25, 0.3) is 5.91 Å². The Bertz CT molecular complexity index is 1090. The van der Waals surface area contributed by atoms with Crippen LogP contribution in [-0.2, 0) is 6.42 Å². The van der Waals surface area contributed by atoms with Crippen LogP contribution in [0.2, 0.25) is 0 Å². The van der Waals surface area contributed by atoms with E-state index < -0.39 is 11.8 Å². The smallest absolute Gasteiger partial charge is 0.256 e. The third-order valence-electron chi connectivity index (χ3n) is 6.82. The molecule has 2 aliphatic rings. The fourth-order valence-corrected chi connectivity index (χ4v) is 5.02. The van der Waals surface area contributed by atoms with Crippen LogP contribution in [0, 0.1) is 0 Å². The number of piperidine rings is 1. The molecular formula is C26H28N2O3. The van der Waals surface area contributed by atoms with Gasteiger partial charge in [-0.1, -0.05) is 60.7 Å². The van der Waals surface area contributed by atoms with Crippen molar-refractivity contribution in [2.45, 2.75) is 31.1 Å². The molecule has 2 aliphatic heterocycles.